The van der Waals surface area contributed by atoms with E-state index >= 15 is 0 Å². The maximum atomic E-state index is 11.8. The molecule has 3 atom stereocenters. The van der Waals surface area contributed by atoms with Crippen molar-refractivity contribution >= 4 is 42.3 Å². The molecule has 27 heavy (non-hydrogen) atoms. The number of guanidine groups is 1. The van der Waals surface area contributed by atoms with Crippen LogP contribution in [0.1, 0.15) is 19.8 Å². The van der Waals surface area contributed by atoms with Crippen molar-refractivity contribution in [2.24, 2.45) is 22.2 Å². The SMILES string of the molecule is CC(NC(=O)CNC(=O)C(N)CCCN=C(N)N)C(=O)NC(CS)C(=O)O. The highest BCUT2D eigenvalue weighted by atomic mass is 32.1. The predicted octanol–water partition coefficient (Wildman–Crippen LogP) is -3.51. The maximum absolute atomic E-state index is 11.8. The lowest BCUT2D eigenvalue weighted by molar-refractivity contribution is -0.141. The molecule has 0 aromatic rings. The molecule has 0 saturated heterocycles. The molecule has 0 saturated carbocycles. The third-order valence-corrected chi connectivity index (χ3v) is 3.66. The summed E-state index contributed by atoms with van der Waals surface area (Å²) in [7, 11) is 0. The third-order valence-electron chi connectivity index (χ3n) is 3.30. The van der Waals surface area contributed by atoms with Gasteiger partial charge in [0.25, 0.3) is 0 Å². The van der Waals surface area contributed by atoms with Crippen molar-refractivity contribution in [3.8, 4) is 0 Å². The fourth-order valence-corrected chi connectivity index (χ4v) is 2.04. The van der Waals surface area contributed by atoms with Crippen molar-refractivity contribution < 1.29 is 24.3 Å². The van der Waals surface area contributed by atoms with Crippen LogP contribution in [0.15, 0.2) is 4.99 Å². The monoisotopic (exact) mass is 405 g/mol. The number of amides is 3. The van der Waals surface area contributed by atoms with Crippen LogP contribution in [-0.2, 0) is 19.2 Å². The lowest BCUT2D eigenvalue weighted by Crippen LogP contribution is -2.53. The van der Waals surface area contributed by atoms with E-state index in [9.17, 15) is 19.2 Å². The molecule has 0 heterocycles. The molecule has 0 aromatic heterocycles. The number of carboxylic acids is 1. The number of nitrogens with two attached hydrogens (primary N) is 3. The number of thiol groups is 1. The average molecular weight is 405 g/mol. The summed E-state index contributed by atoms with van der Waals surface area (Å²) in [5.74, 6) is -3.24. The van der Waals surface area contributed by atoms with Gasteiger partial charge in [0.2, 0.25) is 17.7 Å². The molecule has 0 aliphatic rings. The summed E-state index contributed by atoms with van der Waals surface area (Å²) in [6, 6.07) is -3.00. The topological polar surface area (TPSA) is 215 Å². The van der Waals surface area contributed by atoms with Gasteiger partial charge in [-0.25, -0.2) is 4.79 Å². The van der Waals surface area contributed by atoms with E-state index in [2.05, 4.69) is 33.6 Å². The first-order valence-corrected chi connectivity index (χ1v) is 8.73. The number of aliphatic imine (C=N–C) groups is 1. The van der Waals surface area contributed by atoms with Crippen molar-refractivity contribution in [3.05, 3.63) is 0 Å². The summed E-state index contributed by atoms with van der Waals surface area (Å²) in [6.45, 7) is 1.33. The normalized spacial score (nSPS) is 13.6. The summed E-state index contributed by atoms with van der Waals surface area (Å²) in [6.07, 6.45) is 0.815. The molecule has 0 bridgehead atoms. The highest BCUT2D eigenvalue weighted by Crippen LogP contribution is 1.95. The van der Waals surface area contributed by atoms with Gasteiger partial charge in [-0.05, 0) is 19.8 Å². The van der Waals surface area contributed by atoms with E-state index in [-0.39, 0.29) is 18.3 Å². The Labute approximate surface area is 162 Å². The molecule has 0 radical (unpaired) electrons. The Kier molecular flexibility index (Phi) is 11.6. The van der Waals surface area contributed by atoms with E-state index in [1.54, 1.807) is 0 Å². The minimum atomic E-state index is -1.24. The molecular formula is C14H27N7O5S. The first kappa shape index (κ1) is 24.5. The van der Waals surface area contributed by atoms with Crippen molar-refractivity contribution in [3.63, 3.8) is 0 Å². The summed E-state index contributed by atoms with van der Waals surface area (Å²) >= 11 is 3.82. The van der Waals surface area contributed by atoms with Crippen LogP contribution in [0.25, 0.3) is 0 Å². The molecule has 13 heteroatoms. The minimum absolute atomic E-state index is 0.0492. The zero-order chi connectivity index (χ0) is 21.0. The lowest BCUT2D eigenvalue weighted by atomic mass is 10.1. The van der Waals surface area contributed by atoms with E-state index in [1.165, 1.54) is 6.92 Å². The lowest BCUT2D eigenvalue weighted by Gasteiger charge is -2.18. The summed E-state index contributed by atoms with van der Waals surface area (Å²) in [4.78, 5) is 50.0. The van der Waals surface area contributed by atoms with Gasteiger partial charge in [-0.15, -0.1) is 0 Å². The van der Waals surface area contributed by atoms with Crippen molar-refractivity contribution in [1.29, 1.82) is 0 Å². The van der Waals surface area contributed by atoms with Crippen molar-refractivity contribution in [1.82, 2.24) is 16.0 Å². The molecule has 3 amide bonds. The Hall–Kier alpha value is -2.54. The predicted molar refractivity (Wildman–Crippen MR) is 102 cm³/mol. The van der Waals surface area contributed by atoms with E-state index < -0.39 is 41.8 Å². The zero-order valence-corrected chi connectivity index (χ0v) is 15.9. The van der Waals surface area contributed by atoms with Crippen LogP contribution in [0.4, 0.5) is 0 Å². The molecule has 0 aliphatic carbocycles. The number of carbonyl (C=O) groups excluding carboxylic acids is 3. The number of hydrogen-bond donors (Lipinski definition) is 8. The molecule has 0 aliphatic heterocycles. The molecular weight excluding hydrogens is 378 g/mol. The average Bonchev–Trinajstić information content (AvgIpc) is 2.60. The molecule has 154 valence electrons. The van der Waals surface area contributed by atoms with E-state index in [1.807, 2.05) is 0 Å². The zero-order valence-electron chi connectivity index (χ0n) is 15.0. The van der Waals surface area contributed by atoms with E-state index in [0.717, 1.165) is 0 Å². The Balaban J connectivity index is 4.22. The Morgan fingerprint density at radius 1 is 1.15 bits per heavy atom. The molecule has 12 nitrogen and oxygen atoms in total. The summed E-state index contributed by atoms with van der Waals surface area (Å²) in [5, 5.41) is 15.8. The number of aliphatic carboxylic acids is 1. The van der Waals surface area contributed by atoms with Crippen LogP contribution in [0, 0.1) is 0 Å². The van der Waals surface area contributed by atoms with Gasteiger partial charge in [0.1, 0.15) is 12.1 Å². The Bertz CT molecular complexity index is 568. The smallest absolute Gasteiger partial charge is 0.327 e. The second kappa shape index (κ2) is 12.8. The first-order valence-electron chi connectivity index (χ1n) is 8.10. The fourth-order valence-electron chi connectivity index (χ4n) is 1.79. The minimum Gasteiger partial charge on any atom is -0.480 e. The number of nitrogens with one attached hydrogen (secondary N) is 3. The first-order chi connectivity index (χ1) is 12.6. The molecule has 10 N–H and O–H groups in total. The van der Waals surface area contributed by atoms with Crippen LogP contribution in [0.3, 0.4) is 0 Å². The highest BCUT2D eigenvalue weighted by Gasteiger charge is 2.23. The molecule has 0 spiro atoms. The number of carboxylic acid groups (broad SMARTS) is 1. The van der Waals surface area contributed by atoms with Gasteiger partial charge in [-0.2, -0.15) is 12.6 Å². The largest absolute Gasteiger partial charge is 0.480 e. The van der Waals surface area contributed by atoms with Gasteiger partial charge < -0.3 is 38.3 Å². The second-order valence-electron chi connectivity index (χ2n) is 5.64. The fraction of sp³-hybridized carbons (Fsp3) is 0.643. The van der Waals surface area contributed by atoms with Crippen molar-refractivity contribution in [2.75, 3.05) is 18.8 Å². The van der Waals surface area contributed by atoms with Crippen LogP contribution in [0.2, 0.25) is 0 Å². The number of rotatable bonds is 12. The van der Waals surface area contributed by atoms with Crippen LogP contribution in [0.5, 0.6) is 0 Å². The quantitative estimate of drug-likeness (QED) is 0.0703. The van der Waals surface area contributed by atoms with Gasteiger partial charge >= 0.3 is 5.97 Å². The van der Waals surface area contributed by atoms with Gasteiger partial charge in [-0.3, -0.25) is 19.4 Å². The van der Waals surface area contributed by atoms with Gasteiger partial charge in [0.05, 0.1) is 12.6 Å². The van der Waals surface area contributed by atoms with Gasteiger partial charge in [-0.1, -0.05) is 0 Å². The standard InChI is InChI=1S/C14H27N7O5S/c1-7(11(23)21-9(6-27)13(25)26)20-10(22)5-19-12(24)8(15)3-2-4-18-14(16)17/h7-9,27H,2-6,15H2,1H3,(H,19,24)(H,20,22)(H,21,23)(H,25,26)(H4,16,17,18). The van der Waals surface area contributed by atoms with Crippen LogP contribution < -0.4 is 33.2 Å². The van der Waals surface area contributed by atoms with E-state index in [0.29, 0.717) is 19.4 Å². The van der Waals surface area contributed by atoms with Crippen LogP contribution in [-0.4, -0.2) is 71.7 Å². The molecule has 0 rings (SSSR count). The number of nitrogens with zero attached hydrogens (tertiary/aromatic N) is 1. The molecule has 3 unspecified atom stereocenters. The van der Waals surface area contributed by atoms with Gasteiger partial charge in [0, 0.05) is 12.3 Å². The maximum Gasteiger partial charge on any atom is 0.327 e. The van der Waals surface area contributed by atoms with Crippen LogP contribution >= 0.6 is 12.6 Å². The molecule has 0 fully saturated rings. The van der Waals surface area contributed by atoms with Gasteiger partial charge in [0.15, 0.2) is 5.96 Å². The third kappa shape index (κ3) is 10.9. The summed E-state index contributed by atoms with van der Waals surface area (Å²) < 4.78 is 0. The summed E-state index contributed by atoms with van der Waals surface area (Å²) in [5.41, 5.74) is 16.0. The highest BCUT2D eigenvalue weighted by molar-refractivity contribution is 7.80. The van der Waals surface area contributed by atoms with Crippen molar-refractivity contribution in [2.45, 2.75) is 37.9 Å². The number of hydrogen-bond acceptors (Lipinski definition) is 7. The Morgan fingerprint density at radius 3 is 2.30 bits per heavy atom. The second-order valence-corrected chi connectivity index (χ2v) is 6.01. The van der Waals surface area contributed by atoms with E-state index in [4.69, 9.17) is 22.3 Å². The molecule has 0 aromatic carbocycles. The Morgan fingerprint density at radius 2 is 1.78 bits per heavy atom. The number of carbonyl (C=O) groups is 4.